The number of rotatable bonds is 51. The topological polar surface area (TPSA) is 175 Å². The highest BCUT2D eigenvalue weighted by atomic mass is 16.7. The molecule has 1 saturated heterocycles. The highest BCUT2D eigenvalue weighted by molar-refractivity contribution is 5.74. The average molecular weight is 1010 g/mol. The van der Waals surface area contributed by atoms with Gasteiger partial charge in [-0.1, -0.05) is 238 Å². The fourth-order valence-corrected chi connectivity index (χ4v) is 9.25. The Morgan fingerprint density at radius 1 is 0.451 bits per heavy atom. The molecular weight excluding hydrogens is 901 g/mol. The summed E-state index contributed by atoms with van der Waals surface area (Å²) in [6.07, 6.45) is 40.4. The van der Waals surface area contributed by atoms with Gasteiger partial charge in [-0.05, 0) is 44.9 Å². The lowest BCUT2D eigenvalue weighted by Gasteiger charge is -2.40. The standard InChI is InChI=1S/C59H108O12/c1-4-7-10-13-16-19-22-24-25-26-27-29-31-33-36-39-42-45-51(60)67-48-50(69-52(61)46-43-40-37-34-30-21-18-15-12-9-6-3)49-68-59-57(55(64)54(63)56(71-59)58(65)66)70-53(62)47-44-41-38-35-32-28-23-20-17-14-11-8-5-2/h20,23,50,54-57,59,63-64H,4-19,21-22,24-49H2,1-3H3,(H,65,66)/b23-20-. The summed E-state index contributed by atoms with van der Waals surface area (Å²) in [6, 6.07) is 0. The van der Waals surface area contributed by atoms with E-state index in [2.05, 4.69) is 32.9 Å². The fourth-order valence-electron chi connectivity index (χ4n) is 9.25. The van der Waals surface area contributed by atoms with Crippen molar-refractivity contribution in [3.05, 3.63) is 12.2 Å². The quantitative estimate of drug-likeness (QED) is 0.0228. The van der Waals surface area contributed by atoms with E-state index in [1.165, 1.54) is 154 Å². The molecule has 0 saturated carbocycles. The molecule has 0 aromatic carbocycles. The molecule has 1 rings (SSSR count). The summed E-state index contributed by atoms with van der Waals surface area (Å²) in [5.74, 6) is -3.09. The SMILES string of the molecule is CCCCCC/C=C\CCCCCCCC(=O)OC1C(OCC(COC(=O)CCCCCCCCCCCCCCCCCCC)OC(=O)CCCCCCCCCCCCC)OC(C(=O)O)C(O)C1O. The predicted molar refractivity (Wildman–Crippen MR) is 285 cm³/mol. The van der Waals surface area contributed by atoms with E-state index in [1.807, 2.05) is 0 Å². The van der Waals surface area contributed by atoms with E-state index in [4.69, 9.17) is 23.7 Å². The third-order valence-electron chi connectivity index (χ3n) is 13.8. The van der Waals surface area contributed by atoms with E-state index in [0.717, 1.165) is 77.0 Å². The molecule has 0 spiro atoms. The molecule has 6 atom stereocenters. The van der Waals surface area contributed by atoms with Crippen molar-refractivity contribution in [1.82, 2.24) is 0 Å². The van der Waals surface area contributed by atoms with Gasteiger partial charge in [0.1, 0.15) is 18.8 Å². The molecule has 0 aromatic rings. The van der Waals surface area contributed by atoms with Gasteiger partial charge in [0.2, 0.25) is 0 Å². The summed E-state index contributed by atoms with van der Waals surface area (Å²) in [5.41, 5.74) is 0. The monoisotopic (exact) mass is 1010 g/mol. The zero-order valence-corrected chi connectivity index (χ0v) is 45.7. The smallest absolute Gasteiger partial charge is 0.335 e. The van der Waals surface area contributed by atoms with Crippen LogP contribution in [0.1, 0.15) is 290 Å². The number of allylic oxidation sites excluding steroid dienone is 2. The predicted octanol–water partition coefficient (Wildman–Crippen LogP) is 14.9. The van der Waals surface area contributed by atoms with Crippen LogP contribution in [0.3, 0.4) is 0 Å². The van der Waals surface area contributed by atoms with Gasteiger partial charge in [-0.25, -0.2) is 4.79 Å². The number of carbonyl (C=O) groups is 4. The molecule has 1 heterocycles. The fraction of sp³-hybridized carbons (Fsp3) is 0.898. The Bertz CT molecular complexity index is 1290. The van der Waals surface area contributed by atoms with E-state index in [0.29, 0.717) is 19.3 Å². The maximum atomic E-state index is 13.1. The highest BCUT2D eigenvalue weighted by Gasteiger charge is 2.50. The zero-order valence-electron chi connectivity index (χ0n) is 45.7. The molecule has 12 heteroatoms. The maximum Gasteiger partial charge on any atom is 0.335 e. The first-order valence-electron chi connectivity index (χ1n) is 29.7. The second-order valence-corrected chi connectivity index (χ2v) is 20.6. The molecular formula is C59H108O12. The van der Waals surface area contributed by atoms with E-state index in [9.17, 15) is 34.5 Å². The van der Waals surface area contributed by atoms with Crippen molar-refractivity contribution in [1.29, 1.82) is 0 Å². The lowest BCUT2D eigenvalue weighted by molar-refractivity contribution is -0.301. The van der Waals surface area contributed by atoms with Crippen LogP contribution in [0.15, 0.2) is 12.2 Å². The van der Waals surface area contributed by atoms with Gasteiger partial charge < -0.3 is 39.0 Å². The second kappa shape index (κ2) is 48.4. The van der Waals surface area contributed by atoms with Crippen molar-refractivity contribution < 1.29 is 58.2 Å². The molecule has 0 amide bonds. The third-order valence-corrected chi connectivity index (χ3v) is 13.8. The average Bonchev–Trinajstić information content (AvgIpc) is 3.35. The molecule has 416 valence electrons. The molecule has 0 bridgehead atoms. The van der Waals surface area contributed by atoms with Gasteiger partial charge >= 0.3 is 23.9 Å². The van der Waals surface area contributed by atoms with Crippen molar-refractivity contribution >= 4 is 23.9 Å². The minimum atomic E-state index is -1.90. The Morgan fingerprint density at radius 3 is 1.21 bits per heavy atom. The van der Waals surface area contributed by atoms with Gasteiger partial charge in [0, 0.05) is 19.3 Å². The number of hydrogen-bond acceptors (Lipinski definition) is 11. The number of hydrogen-bond donors (Lipinski definition) is 3. The Kier molecular flexibility index (Phi) is 45.3. The van der Waals surface area contributed by atoms with Crippen molar-refractivity contribution in [2.75, 3.05) is 13.2 Å². The number of aliphatic hydroxyl groups excluding tert-OH is 2. The molecule has 1 aliphatic heterocycles. The molecule has 0 radical (unpaired) electrons. The molecule has 12 nitrogen and oxygen atoms in total. The van der Waals surface area contributed by atoms with Crippen LogP contribution in [-0.2, 0) is 42.9 Å². The van der Waals surface area contributed by atoms with Gasteiger partial charge in [0.25, 0.3) is 0 Å². The lowest BCUT2D eigenvalue weighted by atomic mass is 9.98. The summed E-state index contributed by atoms with van der Waals surface area (Å²) >= 11 is 0. The molecule has 3 N–H and O–H groups in total. The molecule has 0 aromatic heterocycles. The summed E-state index contributed by atoms with van der Waals surface area (Å²) in [6.45, 7) is 5.99. The van der Waals surface area contributed by atoms with Crippen molar-refractivity contribution in [3.8, 4) is 0 Å². The first-order chi connectivity index (χ1) is 34.6. The molecule has 1 fully saturated rings. The van der Waals surface area contributed by atoms with Crippen LogP contribution in [0.4, 0.5) is 0 Å². The highest BCUT2D eigenvalue weighted by Crippen LogP contribution is 2.27. The summed E-state index contributed by atoms with van der Waals surface area (Å²) in [4.78, 5) is 51.0. The van der Waals surface area contributed by atoms with E-state index >= 15 is 0 Å². The number of esters is 3. The zero-order chi connectivity index (χ0) is 51.8. The summed E-state index contributed by atoms with van der Waals surface area (Å²) < 4.78 is 28.4. The largest absolute Gasteiger partial charge is 0.479 e. The minimum absolute atomic E-state index is 0.0563. The normalized spacial score (nSPS) is 18.5. The van der Waals surface area contributed by atoms with Crippen LogP contribution in [0, 0.1) is 0 Å². The van der Waals surface area contributed by atoms with Crippen LogP contribution in [0.2, 0.25) is 0 Å². The van der Waals surface area contributed by atoms with Crippen LogP contribution in [0.25, 0.3) is 0 Å². The third kappa shape index (κ3) is 38.7. The Labute approximate surface area is 433 Å². The van der Waals surface area contributed by atoms with Crippen LogP contribution < -0.4 is 0 Å². The Balaban J connectivity index is 2.65. The van der Waals surface area contributed by atoms with Gasteiger partial charge in [-0.2, -0.15) is 0 Å². The number of ether oxygens (including phenoxy) is 5. The van der Waals surface area contributed by atoms with Crippen molar-refractivity contribution in [2.45, 2.75) is 327 Å². The Hall–Kier alpha value is -2.54. The number of unbranched alkanes of at least 4 members (excludes halogenated alkanes) is 35. The van der Waals surface area contributed by atoms with Gasteiger partial charge in [0.15, 0.2) is 24.6 Å². The van der Waals surface area contributed by atoms with Gasteiger partial charge in [0.05, 0.1) is 6.61 Å². The molecule has 6 unspecified atom stereocenters. The van der Waals surface area contributed by atoms with E-state index in [-0.39, 0.29) is 25.9 Å². The van der Waals surface area contributed by atoms with E-state index in [1.54, 1.807) is 0 Å². The number of carboxylic acids is 1. The molecule has 1 aliphatic rings. The van der Waals surface area contributed by atoms with Crippen molar-refractivity contribution in [2.24, 2.45) is 0 Å². The van der Waals surface area contributed by atoms with Crippen LogP contribution >= 0.6 is 0 Å². The first kappa shape index (κ1) is 66.5. The number of carbonyl (C=O) groups excluding carboxylic acids is 3. The maximum absolute atomic E-state index is 13.1. The molecule has 71 heavy (non-hydrogen) atoms. The minimum Gasteiger partial charge on any atom is -0.479 e. The second-order valence-electron chi connectivity index (χ2n) is 20.6. The summed E-state index contributed by atoms with van der Waals surface area (Å²) in [5, 5.41) is 31.4. The Morgan fingerprint density at radius 2 is 0.803 bits per heavy atom. The van der Waals surface area contributed by atoms with E-state index < -0.39 is 67.3 Å². The van der Waals surface area contributed by atoms with Crippen LogP contribution in [-0.4, -0.2) is 89.2 Å². The first-order valence-corrected chi connectivity index (χ1v) is 29.7. The molecule has 0 aliphatic carbocycles. The van der Waals surface area contributed by atoms with Crippen LogP contribution in [0.5, 0.6) is 0 Å². The van der Waals surface area contributed by atoms with Crippen molar-refractivity contribution in [3.63, 3.8) is 0 Å². The lowest BCUT2D eigenvalue weighted by Crippen LogP contribution is -2.61. The number of aliphatic hydroxyl groups is 2. The van der Waals surface area contributed by atoms with Gasteiger partial charge in [-0.15, -0.1) is 0 Å². The number of aliphatic carboxylic acids is 1. The van der Waals surface area contributed by atoms with Gasteiger partial charge in [-0.3, -0.25) is 14.4 Å². The number of carboxylic acid groups (broad SMARTS) is 1. The summed E-state index contributed by atoms with van der Waals surface area (Å²) in [7, 11) is 0.